The minimum absolute atomic E-state index is 0.172. The lowest BCUT2D eigenvalue weighted by Crippen LogP contribution is -2.17. The lowest BCUT2D eigenvalue weighted by Gasteiger charge is -2.21. The van der Waals surface area contributed by atoms with Gasteiger partial charge in [0.25, 0.3) is 15.9 Å². The molecule has 0 radical (unpaired) electrons. The molecule has 152 valence electrons. The molecule has 0 saturated heterocycles. The molecule has 0 aliphatic heterocycles. The molecule has 3 rings (SSSR count). The molecule has 2 N–H and O–H groups in total. The topological polar surface area (TPSA) is 88.4 Å². The van der Waals surface area contributed by atoms with Crippen LogP contribution in [-0.4, -0.2) is 14.3 Å². The van der Waals surface area contributed by atoms with Gasteiger partial charge in [0.15, 0.2) is 5.76 Å². The molecule has 0 atom stereocenters. The first-order chi connectivity index (χ1) is 13.6. The van der Waals surface area contributed by atoms with Crippen molar-refractivity contribution in [1.82, 2.24) is 0 Å². The zero-order valence-corrected chi connectivity index (χ0v) is 17.6. The molecule has 6 nitrogen and oxygen atoms in total. The monoisotopic (exact) mass is 412 g/mol. The van der Waals surface area contributed by atoms with E-state index in [0.29, 0.717) is 16.9 Å². The van der Waals surface area contributed by atoms with Crippen LogP contribution in [0.2, 0.25) is 0 Å². The number of carbonyl (C=O) groups excluding carboxylic acids is 1. The second-order valence-corrected chi connectivity index (χ2v) is 9.50. The van der Waals surface area contributed by atoms with E-state index in [4.69, 9.17) is 4.42 Å². The van der Waals surface area contributed by atoms with E-state index in [1.807, 2.05) is 32.9 Å². The van der Waals surface area contributed by atoms with Crippen molar-refractivity contribution in [3.63, 3.8) is 0 Å². The summed E-state index contributed by atoms with van der Waals surface area (Å²) in [5.74, 6) is -0.241. The van der Waals surface area contributed by atoms with Crippen LogP contribution in [0.25, 0.3) is 0 Å². The van der Waals surface area contributed by atoms with Crippen molar-refractivity contribution in [1.29, 1.82) is 0 Å². The molecule has 0 saturated carbocycles. The summed E-state index contributed by atoms with van der Waals surface area (Å²) in [6, 6.07) is 15.2. The Kier molecular flexibility index (Phi) is 5.53. The quantitative estimate of drug-likeness (QED) is 0.621. The number of anilines is 2. The van der Waals surface area contributed by atoms with E-state index < -0.39 is 15.9 Å². The van der Waals surface area contributed by atoms with Gasteiger partial charge in [0, 0.05) is 5.69 Å². The number of furan rings is 1. The van der Waals surface area contributed by atoms with Crippen LogP contribution in [0.3, 0.4) is 0 Å². The third kappa shape index (κ3) is 4.86. The third-order valence-corrected chi connectivity index (χ3v) is 5.98. The zero-order valence-electron chi connectivity index (χ0n) is 16.8. The van der Waals surface area contributed by atoms with E-state index in [1.54, 1.807) is 49.4 Å². The predicted molar refractivity (Wildman–Crippen MR) is 114 cm³/mol. The van der Waals surface area contributed by atoms with Crippen LogP contribution in [0.15, 0.2) is 70.2 Å². The van der Waals surface area contributed by atoms with Crippen LogP contribution in [0.1, 0.15) is 42.5 Å². The maximum Gasteiger partial charge on any atom is 0.291 e. The molecule has 3 aromatic rings. The molecule has 7 heteroatoms. The fourth-order valence-electron chi connectivity index (χ4n) is 2.83. The van der Waals surface area contributed by atoms with Crippen LogP contribution >= 0.6 is 0 Å². The molecule has 29 heavy (non-hydrogen) atoms. The largest absolute Gasteiger partial charge is 0.459 e. The fraction of sp³-hybridized carbons (Fsp3) is 0.227. The van der Waals surface area contributed by atoms with E-state index in [9.17, 15) is 13.2 Å². The van der Waals surface area contributed by atoms with Gasteiger partial charge in [-0.1, -0.05) is 39.0 Å². The van der Waals surface area contributed by atoms with Crippen molar-refractivity contribution < 1.29 is 17.6 Å². The molecule has 1 aromatic heterocycles. The highest BCUT2D eigenvalue weighted by Gasteiger charge is 2.21. The summed E-state index contributed by atoms with van der Waals surface area (Å²) in [6.07, 6.45) is 1.41. The maximum atomic E-state index is 13.0. The molecule has 0 spiro atoms. The number of hydrogen-bond donors (Lipinski definition) is 2. The van der Waals surface area contributed by atoms with Crippen LogP contribution in [-0.2, 0) is 15.4 Å². The predicted octanol–water partition coefficient (Wildman–Crippen LogP) is 4.94. The van der Waals surface area contributed by atoms with Gasteiger partial charge in [-0.3, -0.25) is 9.52 Å². The second kappa shape index (κ2) is 7.75. The Hall–Kier alpha value is -3.06. The highest BCUT2D eigenvalue weighted by Crippen LogP contribution is 2.28. The summed E-state index contributed by atoms with van der Waals surface area (Å²) in [7, 11) is -3.80. The first kappa shape index (κ1) is 20.7. The molecule has 1 heterocycles. The van der Waals surface area contributed by atoms with Crippen molar-refractivity contribution in [2.45, 2.75) is 38.0 Å². The van der Waals surface area contributed by atoms with Gasteiger partial charge < -0.3 is 9.73 Å². The molecule has 0 aliphatic rings. The average Bonchev–Trinajstić information content (AvgIpc) is 3.15. The van der Waals surface area contributed by atoms with Crippen LogP contribution in [0.5, 0.6) is 0 Å². The Labute approximate surface area is 171 Å². The first-order valence-corrected chi connectivity index (χ1v) is 10.6. The summed E-state index contributed by atoms with van der Waals surface area (Å²) < 4.78 is 33.7. The fourth-order valence-corrected chi connectivity index (χ4v) is 4.15. The molecular weight excluding hydrogens is 388 g/mol. The summed E-state index contributed by atoms with van der Waals surface area (Å²) >= 11 is 0. The van der Waals surface area contributed by atoms with E-state index in [0.717, 1.165) is 5.56 Å². The van der Waals surface area contributed by atoms with Gasteiger partial charge in [0.1, 0.15) is 0 Å². The van der Waals surface area contributed by atoms with Crippen molar-refractivity contribution in [2.75, 3.05) is 10.0 Å². The highest BCUT2D eigenvalue weighted by molar-refractivity contribution is 7.92. The van der Waals surface area contributed by atoms with Crippen molar-refractivity contribution in [3.8, 4) is 0 Å². The standard InChI is InChI=1S/C22H24N2O4S/c1-15-10-11-16(22(2,3)4)13-20(15)29(26,27)24-18-8-5-7-17(14-18)23-21(25)19-9-6-12-28-19/h5-14,24H,1-4H3,(H,23,25). The summed E-state index contributed by atoms with van der Waals surface area (Å²) in [6.45, 7) is 7.87. The van der Waals surface area contributed by atoms with Gasteiger partial charge in [-0.2, -0.15) is 0 Å². The molecule has 0 fully saturated rings. The lowest BCUT2D eigenvalue weighted by atomic mass is 9.87. The van der Waals surface area contributed by atoms with Crippen LogP contribution < -0.4 is 10.0 Å². The Morgan fingerprint density at radius 1 is 0.966 bits per heavy atom. The maximum absolute atomic E-state index is 13.0. The van der Waals surface area contributed by atoms with Gasteiger partial charge in [-0.15, -0.1) is 0 Å². The van der Waals surface area contributed by atoms with Crippen molar-refractivity contribution in [3.05, 3.63) is 77.7 Å². The van der Waals surface area contributed by atoms with E-state index in [2.05, 4.69) is 10.0 Å². The molecule has 2 aromatic carbocycles. The number of sulfonamides is 1. The smallest absolute Gasteiger partial charge is 0.291 e. The van der Waals surface area contributed by atoms with Gasteiger partial charge in [-0.25, -0.2) is 8.42 Å². The second-order valence-electron chi connectivity index (χ2n) is 7.85. The number of hydrogen-bond acceptors (Lipinski definition) is 4. The van der Waals surface area contributed by atoms with E-state index >= 15 is 0 Å². The van der Waals surface area contributed by atoms with E-state index in [1.165, 1.54) is 6.26 Å². The number of nitrogens with one attached hydrogen (secondary N) is 2. The average molecular weight is 413 g/mol. The first-order valence-electron chi connectivity index (χ1n) is 9.15. The van der Waals surface area contributed by atoms with Gasteiger partial charge in [0.05, 0.1) is 16.8 Å². The Balaban J connectivity index is 1.85. The molecule has 1 amide bonds. The minimum Gasteiger partial charge on any atom is -0.459 e. The zero-order chi connectivity index (χ0) is 21.2. The number of rotatable bonds is 5. The molecule has 0 aliphatic carbocycles. The van der Waals surface area contributed by atoms with Crippen molar-refractivity contribution >= 4 is 27.3 Å². The summed E-state index contributed by atoms with van der Waals surface area (Å²) in [4.78, 5) is 12.4. The van der Waals surface area contributed by atoms with Gasteiger partial charge >= 0.3 is 0 Å². The molecule has 0 unspecified atom stereocenters. The summed E-state index contributed by atoms with van der Waals surface area (Å²) in [5, 5.41) is 2.68. The van der Waals surface area contributed by atoms with E-state index in [-0.39, 0.29) is 16.1 Å². The van der Waals surface area contributed by atoms with Gasteiger partial charge in [-0.05, 0) is 59.9 Å². The third-order valence-electron chi connectivity index (χ3n) is 4.46. The molecule has 0 bridgehead atoms. The SMILES string of the molecule is Cc1ccc(C(C)(C)C)cc1S(=O)(=O)Nc1cccc(NC(=O)c2ccco2)c1. The summed E-state index contributed by atoms with van der Waals surface area (Å²) in [5.41, 5.74) is 2.22. The number of aryl methyl sites for hydroxylation is 1. The van der Waals surface area contributed by atoms with Crippen LogP contribution in [0, 0.1) is 6.92 Å². The highest BCUT2D eigenvalue weighted by atomic mass is 32.2. The Bertz CT molecular complexity index is 1130. The minimum atomic E-state index is -3.80. The lowest BCUT2D eigenvalue weighted by molar-refractivity contribution is 0.0996. The molecular formula is C22H24N2O4S. The number of benzene rings is 2. The van der Waals surface area contributed by atoms with Crippen molar-refractivity contribution in [2.24, 2.45) is 0 Å². The van der Waals surface area contributed by atoms with Gasteiger partial charge in [0.2, 0.25) is 0 Å². The number of carbonyl (C=O) groups is 1. The normalized spacial score (nSPS) is 11.9. The Morgan fingerprint density at radius 3 is 2.34 bits per heavy atom. The number of amides is 1. The Morgan fingerprint density at radius 2 is 1.69 bits per heavy atom. The van der Waals surface area contributed by atoms with Crippen LogP contribution in [0.4, 0.5) is 11.4 Å².